The molecule has 0 aliphatic heterocycles. The van der Waals surface area contributed by atoms with E-state index in [1.165, 1.54) is 7.11 Å². The predicted octanol–water partition coefficient (Wildman–Crippen LogP) is 1.37. The van der Waals surface area contributed by atoms with Crippen molar-refractivity contribution in [2.75, 3.05) is 27.4 Å². The van der Waals surface area contributed by atoms with Crippen molar-refractivity contribution >= 4 is 17.5 Å². The van der Waals surface area contributed by atoms with Crippen LogP contribution in [-0.4, -0.2) is 44.5 Å². The lowest BCUT2D eigenvalue weighted by Crippen LogP contribution is -2.38. The summed E-state index contributed by atoms with van der Waals surface area (Å²) in [4.78, 5) is 11.9. The Bertz CT molecular complexity index is 455. The average Bonchev–Trinajstić information content (AvgIpc) is 2.48. The Morgan fingerprint density at radius 1 is 1.43 bits per heavy atom. The first-order valence-corrected chi connectivity index (χ1v) is 6.81. The maximum absolute atomic E-state index is 11.9. The van der Waals surface area contributed by atoms with Gasteiger partial charge in [0.1, 0.15) is 0 Å². The fraction of sp³-hybridized carbons (Fsp3) is 0.500. The molecular weight excluding hydrogens is 298 g/mol. The highest BCUT2D eigenvalue weighted by Crippen LogP contribution is 2.35. The zero-order chi connectivity index (χ0) is 15.8. The molecule has 0 bridgehead atoms. The Balaban J connectivity index is 2.83. The van der Waals surface area contributed by atoms with Gasteiger partial charge in [-0.25, -0.2) is 0 Å². The van der Waals surface area contributed by atoms with Gasteiger partial charge in [-0.05, 0) is 13.0 Å². The number of aliphatic hydroxyl groups is 1. The minimum Gasteiger partial charge on any atom is -0.493 e. The molecule has 0 heterocycles. The molecule has 0 saturated heterocycles. The Morgan fingerprint density at radius 3 is 2.71 bits per heavy atom. The molecule has 21 heavy (non-hydrogen) atoms. The fourth-order valence-corrected chi connectivity index (χ4v) is 1.91. The first-order valence-electron chi connectivity index (χ1n) is 6.44. The van der Waals surface area contributed by atoms with Crippen molar-refractivity contribution in [3.63, 3.8) is 0 Å². The zero-order valence-corrected chi connectivity index (χ0v) is 13.1. The largest absolute Gasteiger partial charge is 0.493 e. The second-order valence-electron chi connectivity index (χ2n) is 4.30. The smallest absolute Gasteiger partial charge is 0.260 e. The predicted molar refractivity (Wildman–Crippen MR) is 78.9 cm³/mol. The van der Waals surface area contributed by atoms with E-state index in [9.17, 15) is 9.90 Å². The summed E-state index contributed by atoms with van der Waals surface area (Å²) >= 11 is 5.92. The standard InChI is InChI=1S/C14H20ClNO5/c1-9(14(18)16-4-5-19-2)21-13-10(8-17)6-11(15)7-12(13)20-3/h6-7,9,17H,4-5,8H2,1-3H3,(H,16,18). The topological polar surface area (TPSA) is 77.0 Å². The molecule has 1 atom stereocenters. The van der Waals surface area contributed by atoms with Crippen LogP contribution in [0.4, 0.5) is 0 Å². The van der Waals surface area contributed by atoms with Crippen molar-refractivity contribution < 1.29 is 24.1 Å². The Morgan fingerprint density at radius 2 is 2.14 bits per heavy atom. The number of aliphatic hydroxyl groups excluding tert-OH is 1. The molecular formula is C14H20ClNO5. The number of halogens is 1. The highest BCUT2D eigenvalue weighted by Gasteiger charge is 2.19. The number of rotatable bonds is 8. The second-order valence-corrected chi connectivity index (χ2v) is 4.73. The molecule has 118 valence electrons. The second kappa shape index (κ2) is 8.71. The highest BCUT2D eigenvalue weighted by atomic mass is 35.5. The molecule has 0 aliphatic rings. The van der Waals surface area contributed by atoms with Crippen LogP contribution in [0.15, 0.2) is 12.1 Å². The molecule has 1 aromatic carbocycles. The van der Waals surface area contributed by atoms with Crippen LogP contribution in [0.2, 0.25) is 5.02 Å². The van der Waals surface area contributed by atoms with Crippen LogP contribution < -0.4 is 14.8 Å². The number of benzene rings is 1. The third kappa shape index (κ3) is 5.08. The summed E-state index contributed by atoms with van der Waals surface area (Å²) in [5.41, 5.74) is 0.455. The van der Waals surface area contributed by atoms with Gasteiger partial charge in [-0.3, -0.25) is 4.79 Å². The molecule has 2 N–H and O–H groups in total. The van der Waals surface area contributed by atoms with Crippen molar-refractivity contribution in [1.82, 2.24) is 5.32 Å². The van der Waals surface area contributed by atoms with Crippen LogP contribution >= 0.6 is 11.6 Å². The lowest BCUT2D eigenvalue weighted by molar-refractivity contribution is -0.127. The Labute approximate surface area is 129 Å². The van der Waals surface area contributed by atoms with Crippen molar-refractivity contribution in [2.45, 2.75) is 19.6 Å². The van der Waals surface area contributed by atoms with Crippen LogP contribution in [0.3, 0.4) is 0 Å². The number of hydrogen-bond donors (Lipinski definition) is 2. The van der Waals surface area contributed by atoms with Gasteiger partial charge in [0.25, 0.3) is 5.91 Å². The fourth-order valence-electron chi connectivity index (χ4n) is 1.68. The average molecular weight is 318 g/mol. The first-order chi connectivity index (χ1) is 10.0. The summed E-state index contributed by atoms with van der Waals surface area (Å²) in [6.45, 7) is 2.15. The van der Waals surface area contributed by atoms with Gasteiger partial charge in [0.05, 0.1) is 20.3 Å². The molecule has 0 saturated carbocycles. The van der Waals surface area contributed by atoms with Gasteiger partial charge in [-0.2, -0.15) is 0 Å². The van der Waals surface area contributed by atoms with E-state index in [0.717, 1.165) is 0 Å². The third-order valence-electron chi connectivity index (χ3n) is 2.76. The number of carbonyl (C=O) groups excluding carboxylic acids is 1. The van der Waals surface area contributed by atoms with Crippen molar-refractivity contribution in [3.8, 4) is 11.5 Å². The normalized spacial score (nSPS) is 11.9. The quantitative estimate of drug-likeness (QED) is 0.708. The van der Waals surface area contributed by atoms with Crippen LogP contribution in [0.25, 0.3) is 0 Å². The summed E-state index contributed by atoms with van der Waals surface area (Å²) in [6, 6.07) is 3.13. The van der Waals surface area contributed by atoms with E-state index in [1.807, 2.05) is 0 Å². The van der Waals surface area contributed by atoms with Gasteiger partial charge in [0, 0.05) is 30.3 Å². The van der Waals surface area contributed by atoms with Gasteiger partial charge >= 0.3 is 0 Å². The summed E-state index contributed by atoms with van der Waals surface area (Å²) in [7, 11) is 3.02. The number of methoxy groups -OCH3 is 2. The van der Waals surface area contributed by atoms with Gasteiger partial charge in [0.2, 0.25) is 0 Å². The molecule has 7 heteroatoms. The van der Waals surface area contributed by atoms with Crippen LogP contribution in [0.1, 0.15) is 12.5 Å². The van der Waals surface area contributed by atoms with Crippen molar-refractivity contribution in [3.05, 3.63) is 22.7 Å². The van der Waals surface area contributed by atoms with Gasteiger partial charge < -0.3 is 24.6 Å². The first kappa shape index (κ1) is 17.6. The zero-order valence-electron chi connectivity index (χ0n) is 12.3. The summed E-state index contributed by atoms with van der Waals surface area (Å²) < 4.78 is 15.6. The summed E-state index contributed by atoms with van der Waals surface area (Å²) in [6.07, 6.45) is -0.748. The van der Waals surface area contributed by atoms with E-state index in [0.29, 0.717) is 35.2 Å². The molecule has 0 aliphatic carbocycles. The van der Waals surface area contributed by atoms with E-state index >= 15 is 0 Å². The molecule has 6 nitrogen and oxygen atoms in total. The Kier molecular flexibility index (Phi) is 7.28. The highest BCUT2D eigenvalue weighted by molar-refractivity contribution is 6.30. The number of hydrogen-bond acceptors (Lipinski definition) is 5. The molecule has 0 fully saturated rings. The van der Waals surface area contributed by atoms with Crippen molar-refractivity contribution in [1.29, 1.82) is 0 Å². The van der Waals surface area contributed by atoms with Gasteiger partial charge in [0.15, 0.2) is 17.6 Å². The third-order valence-corrected chi connectivity index (χ3v) is 2.97. The van der Waals surface area contributed by atoms with Gasteiger partial charge in [-0.1, -0.05) is 11.6 Å². The molecule has 0 spiro atoms. The van der Waals surface area contributed by atoms with Crippen LogP contribution in [0.5, 0.6) is 11.5 Å². The minimum atomic E-state index is -0.748. The van der Waals surface area contributed by atoms with E-state index in [1.54, 1.807) is 26.2 Å². The van der Waals surface area contributed by atoms with E-state index in [4.69, 9.17) is 25.8 Å². The molecule has 0 aromatic heterocycles. The number of ether oxygens (including phenoxy) is 3. The molecule has 1 amide bonds. The van der Waals surface area contributed by atoms with Crippen molar-refractivity contribution in [2.24, 2.45) is 0 Å². The number of carbonyl (C=O) groups is 1. The van der Waals surface area contributed by atoms with Crippen LogP contribution in [-0.2, 0) is 16.1 Å². The molecule has 1 unspecified atom stereocenters. The number of amides is 1. The lowest BCUT2D eigenvalue weighted by Gasteiger charge is -2.19. The van der Waals surface area contributed by atoms with E-state index in [-0.39, 0.29) is 12.5 Å². The van der Waals surface area contributed by atoms with E-state index in [2.05, 4.69) is 5.32 Å². The molecule has 1 rings (SSSR count). The maximum atomic E-state index is 11.9. The minimum absolute atomic E-state index is 0.274. The number of nitrogens with one attached hydrogen (secondary N) is 1. The maximum Gasteiger partial charge on any atom is 0.260 e. The lowest BCUT2D eigenvalue weighted by atomic mass is 10.2. The molecule has 1 aromatic rings. The summed E-state index contributed by atoms with van der Waals surface area (Å²) in [5.74, 6) is 0.384. The molecule has 0 radical (unpaired) electrons. The Hall–Kier alpha value is -1.50. The van der Waals surface area contributed by atoms with Crippen LogP contribution in [0, 0.1) is 0 Å². The van der Waals surface area contributed by atoms with E-state index < -0.39 is 6.10 Å². The van der Waals surface area contributed by atoms with Gasteiger partial charge in [-0.15, -0.1) is 0 Å². The monoisotopic (exact) mass is 317 g/mol. The SMILES string of the molecule is COCCNC(=O)C(C)Oc1c(CO)cc(Cl)cc1OC. The summed E-state index contributed by atoms with van der Waals surface area (Å²) in [5, 5.41) is 12.5.